The fraction of sp³-hybridized carbons (Fsp3) is 0.435. The maximum Gasteiger partial charge on any atom is 0.282 e. The van der Waals surface area contributed by atoms with Gasteiger partial charge in [0.15, 0.2) is 6.54 Å². The summed E-state index contributed by atoms with van der Waals surface area (Å²) in [6.07, 6.45) is 3.01. The van der Waals surface area contributed by atoms with Crippen LogP contribution in [0.1, 0.15) is 36.9 Å². The standard InChI is InChI=1S/C23H27N5O/c1-16-7-8-22-20(13-16)24-25-28(22)19-9-11-26(12-10-19)15-23(29)27-17(2)14-18-5-3-4-6-21(18)27/h3-8,13,17,19H,9-12,14-15H2,1-2H3/p+1/t17-/m1/s1. The van der Waals surface area contributed by atoms with Gasteiger partial charge in [-0.15, -0.1) is 5.10 Å². The second-order valence-electron chi connectivity index (χ2n) is 8.63. The maximum atomic E-state index is 13.1. The molecule has 1 N–H and O–H groups in total. The molecule has 150 valence electrons. The van der Waals surface area contributed by atoms with E-state index in [1.54, 1.807) is 0 Å². The minimum Gasteiger partial charge on any atom is -0.327 e. The van der Waals surface area contributed by atoms with Crippen LogP contribution < -0.4 is 9.80 Å². The molecular weight excluding hydrogens is 362 g/mol. The number of aryl methyl sites for hydroxylation is 1. The molecule has 1 atom stereocenters. The molecule has 0 aliphatic carbocycles. The highest BCUT2D eigenvalue weighted by molar-refractivity contribution is 5.96. The smallest absolute Gasteiger partial charge is 0.282 e. The number of piperidine rings is 1. The van der Waals surface area contributed by atoms with Crippen molar-refractivity contribution < 1.29 is 9.69 Å². The van der Waals surface area contributed by atoms with E-state index in [1.807, 2.05) is 11.0 Å². The number of nitrogens with one attached hydrogen (secondary N) is 1. The van der Waals surface area contributed by atoms with Gasteiger partial charge in [-0.05, 0) is 49.6 Å². The second-order valence-corrected chi connectivity index (χ2v) is 8.63. The molecule has 2 aromatic carbocycles. The lowest BCUT2D eigenvalue weighted by atomic mass is 10.0. The molecule has 1 aromatic heterocycles. The van der Waals surface area contributed by atoms with Crippen LogP contribution in [0.2, 0.25) is 0 Å². The number of amides is 1. The van der Waals surface area contributed by atoms with Crippen molar-refractivity contribution in [3.63, 3.8) is 0 Å². The number of hydrogen-bond acceptors (Lipinski definition) is 3. The molecule has 5 rings (SSSR count). The normalized spacial score (nSPS) is 24.1. The number of aromatic nitrogens is 3. The molecule has 1 saturated heterocycles. The molecule has 2 aliphatic heterocycles. The average Bonchev–Trinajstić information content (AvgIpc) is 3.28. The van der Waals surface area contributed by atoms with Gasteiger partial charge in [0.1, 0.15) is 5.52 Å². The predicted octanol–water partition coefficient (Wildman–Crippen LogP) is 1.94. The van der Waals surface area contributed by atoms with Crippen molar-refractivity contribution in [1.29, 1.82) is 0 Å². The van der Waals surface area contributed by atoms with E-state index in [9.17, 15) is 4.79 Å². The molecule has 0 radical (unpaired) electrons. The highest BCUT2D eigenvalue weighted by atomic mass is 16.2. The summed E-state index contributed by atoms with van der Waals surface area (Å²) < 4.78 is 2.09. The number of quaternary nitrogens is 1. The number of para-hydroxylation sites is 1. The van der Waals surface area contributed by atoms with Crippen LogP contribution in [-0.2, 0) is 11.2 Å². The number of fused-ring (bicyclic) bond motifs is 2. The van der Waals surface area contributed by atoms with Gasteiger partial charge in [-0.1, -0.05) is 29.5 Å². The second kappa shape index (κ2) is 7.26. The number of likely N-dealkylation sites (tertiary alicyclic amines) is 1. The predicted molar refractivity (Wildman–Crippen MR) is 113 cm³/mol. The van der Waals surface area contributed by atoms with Crippen LogP contribution in [0.25, 0.3) is 11.0 Å². The maximum absolute atomic E-state index is 13.1. The monoisotopic (exact) mass is 390 g/mol. The Kier molecular flexibility index (Phi) is 4.59. The number of benzene rings is 2. The Hall–Kier alpha value is -2.73. The molecular formula is C23H28N5O+. The van der Waals surface area contributed by atoms with Crippen LogP contribution in [0.15, 0.2) is 42.5 Å². The van der Waals surface area contributed by atoms with E-state index < -0.39 is 0 Å². The van der Waals surface area contributed by atoms with Gasteiger partial charge in [0.05, 0.1) is 24.6 Å². The lowest BCUT2D eigenvalue weighted by Crippen LogP contribution is -3.14. The molecule has 2 aliphatic rings. The van der Waals surface area contributed by atoms with Crippen LogP contribution in [0.4, 0.5) is 5.69 Å². The summed E-state index contributed by atoms with van der Waals surface area (Å²) in [4.78, 5) is 16.5. The summed E-state index contributed by atoms with van der Waals surface area (Å²) in [7, 11) is 0. The molecule has 0 unspecified atom stereocenters. The Morgan fingerprint density at radius 1 is 1.17 bits per heavy atom. The number of carbonyl (C=O) groups excluding carboxylic acids is 1. The molecule has 1 fully saturated rings. The summed E-state index contributed by atoms with van der Waals surface area (Å²) in [6, 6.07) is 15.3. The topological polar surface area (TPSA) is 55.5 Å². The average molecular weight is 391 g/mol. The zero-order valence-electron chi connectivity index (χ0n) is 17.1. The zero-order chi connectivity index (χ0) is 20.0. The third-order valence-corrected chi connectivity index (χ3v) is 6.51. The van der Waals surface area contributed by atoms with E-state index >= 15 is 0 Å². The van der Waals surface area contributed by atoms with Crippen molar-refractivity contribution in [2.24, 2.45) is 0 Å². The first-order valence-corrected chi connectivity index (χ1v) is 10.7. The van der Waals surface area contributed by atoms with E-state index in [4.69, 9.17) is 0 Å². The number of rotatable bonds is 3. The van der Waals surface area contributed by atoms with E-state index in [0.29, 0.717) is 12.6 Å². The minimum absolute atomic E-state index is 0.248. The van der Waals surface area contributed by atoms with Gasteiger partial charge in [0, 0.05) is 24.6 Å². The van der Waals surface area contributed by atoms with Gasteiger partial charge >= 0.3 is 0 Å². The van der Waals surface area contributed by atoms with Crippen molar-refractivity contribution >= 4 is 22.6 Å². The molecule has 6 nitrogen and oxygen atoms in total. The first kappa shape index (κ1) is 18.3. The SMILES string of the molecule is Cc1ccc2c(c1)nnn2C1CC[NH+](CC(=O)N2c3ccccc3C[C@H]2C)CC1. The largest absolute Gasteiger partial charge is 0.327 e. The quantitative estimate of drug-likeness (QED) is 0.744. The van der Waals surface area contributed by atoms with Crippen molar-refractivity contribution in [3.8, 4) is 0 Å². The molecule has 3 aromatic rings. The molecule has 0 saturated carbocycles. The highest BCUT2D eigenvalue weighted by Crippen LogP contribution is 2.31. The number of nitrogens with zero attached hydrogens (tertiary/aromatic N) is 4. The van der Waals surface area contributed by atoms with Crippen LogP contribution in [0, 0.1) is 6.92 Å². The van der Waals surface area contributed by atoms with Gasteiger partial charge in [-0.25, -0.2) is 4.68 Å². The van der Waals surface area contributed by atoms with Crippen molar-refractivity contribution in [2.45, 2.75) is 45.2 Å². The number of anilines is 1. The summed E-state index contributed by atoms with van der Waals surface area (Å²) in [5.41, 5.74) is 5.68. The Balaban J connectivity index is 1.24. The van der Waals surface area contributed by atoms with Crippen LogP contribution in [0.3, 0.4) is 0 Å². The molecule has 0 spiro atoms. The van der Waals surface area contributed by atoms with Crippen molar-refractivity contribution in [2.75, 3.05) is 24.5 Å². The van der Waals surface area contributed by atoms with Gasteiger partial charge in [-0.2, -0.15) is 0 Å². The minimum atomic E-state index is 0.248. The molecule has 6 heteroatoms. The van der Waals surface area contributed by atoms with E-state index in [2.05, 4.69) is 65.2 Å². The highest BCUT2D eigenvalue weighted by Gasteiger charge is 2.34. The van der Waals surface area contributed by atoms with Gasteiger partial charge in [0.2, 0.25) is 0 Å². The first-order chi connectivity index (χ1) is 14.1. The molecule has 0 bridgehead atoms. The first-order valence-electron chi connectivity index (χ1n) is 10.7. The van der Waals surface area contributed by atoms with E-state index in [0.717, 1.165) is 49.1 Å². The van der Waals surface area contributed by atoms with Gasteiger partial charge < -0.3 is 9.80 Å². The van der Waals surface area contributed by atoms with Gasteiger partial charge in [0.25, 0.3) is 5.91 Å². The third kappa shape index (κ3) is 3.31. The van der Waals surface area contributed by atoms with E-state index in [1.165, 1.54) is 16.0 Å². The number of hydrogen-bond donors (Lipinski definition) is 1. The van der Waals surface area contributed by atoms with Crippen LogP contribution in [-0.4, -0.2) is 46.6 Å². The summed E-state index contributed by atoms with van der Waals surface area (Å²) >= 11 is 0. The summed E-state index contributed by atoms with van der Waals surface area (Å²) in [6.45, 7) is 6.79. The lowest BCUT2D eigenvalue weighted by molar-refractivity contribution is -0.897. The third-order valence-electron chi connectivity index (χ3n) is 6.51. The Bertz CT molecular complexity index is 1050. The molecule has 3 heterocycles. The summed E-state index contributed by atoms with van der Waals surface area (Å²) in [5, 5.41) is 8.78. The fourth-order valence-electron chi connectivity index (χ4n) is 5.00. The van der Waals surface area contributed by atoms with Crippen molar-refractivity contribution in [3.05, 3.63) is 53.6 Å². The van der Waals surface area contributed by atoms with Crippen molar-refractivity contribution in [1.82, 2.24) is 15.0 Å². The Morgan fingerprint density at radius 2 is 1.97 bits per heavy atom. The molecule has 29 heavy (non-hydrogen) atoms. The summed E-state index contributed by atoms with van der Waals surface area (Å²) in [5.74, 6) is 0.248. The van der Waals surface area contributed by atoms with Gasteiger partial charge in [-0.3, -0.25) is 4.79 Å². The van der Waals surface area contributed by atoms with Crippen LogP contribution in [0.5, 0.6) is 0 Å². The van der Waals surface area contributed by atoms with E-state index in [-0.39, 0.29) is 11.9 Å². The zero-order valence-corrected chi connectivity index (χ0v) is 17.1. The fourth-order valence-corrected chi connectivity index (χ4v) is 5.00. The lowest BCUT2D eigenvalue weighted by Gasteiger charge is -2.31. The molecule has 1 amide bonds. The number of carbonyl (C=O) groups is 1. The Labute approximate surface area is 171 Å². The van der Waals surface area contributed by atoms with Crippen LogP contribution >= 0.6 is 0 Å². The Morgan fingerprint density at radius 3 is 2.79 bits per heavy atom.